The Kier molecular flexibility index (Phi) is 2.05. The van der Waals surface area contributed by atoms with E-state index in [0.29, 0.717) is 12.0 Å². The zero-order chi connectivity index (χ0) is 8.55. The Morgan fingerprint density at radius 3 is 2.83 bits per heavy atom. The number of carbonyl (C=O) groups excluding carboxylic acids is 1. The Morgan fingerprint density at radius 1 is 1.33 bits per heavy atom. The van der Waals surface area contributed by atoms with E-state index < -0.39 is 0 Å². The molecule has 2 aliphatic rings. The monoisotopic (exact) mass is 168 g/mol. The van der Waals surface area contributed by atoms with Gasteiger partial charge in [0.05, 0.1) is 5.92 Å². The fraction of sp³-hybridized carbons (Fsp3) is 0.889. The van der Waals surface area contributed by atoms with E-state index in [-0.39, 0.29) is 11.8 Å². The van der Waals surface area contributed by atoms with Crippen molar-refractivity contribution in [2.75, 3.05) is 6.54 Å². The molecule has 1 saturated carbocycles. The van der Waals surface area contributed by atoms with Crippen LogP contribution in [0.15, 0.2) is 0 Å². The highest BCUT2D eigenvalue weighted by atomic mass is 16.1. The number of hydrogen-bond acceptors (Lipinski definition) is 2. The fourth-order valence-corrected chi connectivity index (χ4v) is 2.64. The maximum atomic E-state index is 11.0. The van der Waals surface area contributed by atoms with Crippen molar-refractivity contribution in [3.63, 3.8) is 0 Å². The van der Waals surface area contributed by atoms with Crippen LogP contribution in [0.25, 0.3) is 0 Å². The van der Waals surface area contributed by atoms with Gasteiger partial charge in [0, 0.05) is 12.6 Å². The molecule has 0 aromatic carbocycles. The highest BCUT2D eigenvalue weighted by Gasteiger charge is 2.39. The maximum Gasteiger partial charge on any atom is 0.222 e. The summed E-state index contributed by atoms with van der Waals surface area (Å²) in [6, 6.07) is 0.580. The Labute approximate surface area is 72.7 Å². The van der Waals surface area contributed by atoms with Crippen LogP contribution in [-0.2, 0) is 4.79 Å². The molecule has 3 N–H and O–H groups in total. The van der Waals surface area contributed by atoms with Crippen molar-refractivity contribution in [2.24, 2.45) is 17.6 Å². The lowest BCUT2D eigenvalue weighted by molar-refractivity contribution is -0.122. The van der Waals surface area contributed by atoms with E-state index in [4.69, 9.17) is 5.73 Å². The van der Waals surface area contributed by atoms with Crippen LogP contribution in [0, 0.1) is 11.8 Å². The van der Waals surface area contributed by atoms with Gasteiger partial charge in [0.1, 0.15) is 0 Å². The van der Waals surface area contributed by atoms with Gasteiger partial charge in [0.2, 0.25) is 5.91 Å². The average Bonchev–Trinajstić information content (AvgIpc) is 2.47. The lowest BCUT2D eigenvalue weighted by Crippen LogP contribution is -2.33. The maximum absolute atomic E-state index is 11.0. The predicted molar refractivity (Wildman–Crippen MR) is 46.4 cm³/mol. The third-order valence-electron chi connectivity index (χ3n) is 3.30. The summed E-state index contributed by atoms with van der Waals surface area (Å²) in [5, 5.41) is 3.39. The number of hydrogen-bond donors (Lipinski definition) is 2. The number of carbonyl (C=O) groups is 1. The number of nitrogens with two attached hydrogens (primary N) is 1. The molecule has 2 rings (SSSR count). The molecule has 0 aromatic heterocycles. The Bertz CT molecular complexity index is 193. The van der Waals surface area contributed by atoms with Crippen LogP contribution in [0.5, 0.6) is 0 Å². The topological polar surface area (TPSA) is 55.1 Å². The van der Waals surface area contributed by atoms with Gasteiger partial charge < -0.3 is 11.1 Å². The molecule has 0 aromatic rings. The molecular formula is C9H16N2O. The first-order valence-corrected chi connectivity index (χ1v) is 4.82. The zero-order valence-corrected chi connectivity index (χ0v) is 7.25. The molecule has 3 atom stereocenters. The van der Waals surface area contributed by atoms with E-state index in [1.807, 2.05) is 0 Å². The minimum absolute atomic E-state index is 0.107. The first-order valence-electron chi connectivity index (χ1n) is 4.82. The van der Waals surface area contributed by atoms with Crippen LogP contribution in [-0.4, -0.2) is 18.5 Å². The molecule has 0 spiro atoms. The van der Waals surface area contributed by atoms with Crippen molar-refractivity contribution in [1.82, 2.24) is 5.32 Å². The molecule has 1 amide bonds. The van der Waals surface area contributed by atoms with Crippen LogP contribution in [0.4, 0.5) is 0 Å². The van der Waals surface area contributed by atoms with Crippen LogP contribution < -0.4 is 11.1 Å². The molecular weight excluding hydrogens is 152 g/mol. The van der Waals surface area contributed by atoms with E-state index in [9.17, 15) is 4.79 Å². The minimum Gasteiger partial charge on any atom is -0.369 e. The quantitative estimate of drug-likeness (QED) is 0.589. The smallest absolute Gasteiger partial charge is 0.222 e. The summed E-state index contributed by atoms with van der Waals surface area (Å²) in [7, 11) is 0. The molecule has 2 fully saturated rings. The van der Waals surface area contributed by atoms with Crippen LogP contribution in [0.3, 0.4) is 0 Å². The van der Waals surface area contributed by atoms with Gasteiger partial charge in [-0.2, -0.15) is 0 Å². The first kappa shape index (κ1) is 8.05. The lowest BCUT2D eigenvalue weighted by atomic mass is 9.80. The van der Waals surface area contributed by atoms with Gasteiger partial charge >= 0.3 is 0 Å². The van der Waals surface area contributed by atoms with Gasteiger partial charge in [-0.1, -0.05) is 12.8 Å². The van der Waals surface area contributed by atoms with Crippen molar-refractivity contribution >= 4 is 5.91 Å². The third kappa shape index (κ3) is 1.22. The van der Waals surface area contributed by atoms with E-state index in [1.54, 1.807) is 0 Å². The van der Waals surface area contributed by atoms with Gasteiger partial charge in [0.25, 0.3) is 0 Å². The van der Waals surface area contributed by atoms with Gasteiger partial charge in [-0.3, -0.25) is 4.79 Å². The molecule has 1 saturated heterocycles. The van der Waals surface area contributed by atoms with Crippen LogP contribution in [0.1, 0.15) is 25.7 Å². The Hall–Kier alpha value is -0.570. The molecule has 1 heterocycles. The number of rotatable bonds is 1. The standard InChI is InChI=1S/C9H16N2O/c10-9(12)7-5-11-8-4-2-1-3-6(7)8/h6-8,11H,1-5H2,(H2,10,12)/t6-,7+,8+/m0/s1. The van der Waals surface area contributed by atoms with Crippen molar-refractivity contribution in [3.8, 4) is 0 Å². The Morgan fingerprint density at radius 2 is 2.08 bits per heavy atom. The minimum atomic E-state index is -0.114. The summed E-state index contributed by atoms with van der Waals surface area (Å²) in [6.45, 7) is 0.810. The van der Waals surface area contributed by atoms with Gasteiger partial charge in [-0.05, 0) is 18.8 Å². The van der Waals surface area contributed by atoms with Crippen molar-refractivity contribution in [3.05, 3.63) is 0 Å². The zero-order valence-electron chi connectivity index (χ0n) is 7.25. The average molecular weight is 168 g/mol. The molecule has 3 nitrogen and oxygen atoms in total. The van der Waals surface area contributed by atoms with Crippen molar-refractivity contribution in [2.45, 2.75) is 31.7 Å². The summed E-state index contributed by atoms with van der Waals surface area (Å²) < 4.78 is 0. The highest BCUT2D eigenvalue weighted by molar-refractivity contribution is 5.77. The lowest BCUT2D eigenvalue weighted by Gasteiger charge is -2.26. The molecule has 68 valence electrons. The first-order chi connectivity index (χ1) is 5.79. The number of nitrogens with one attached hydrogen (secondary N) is 1. The predicted octanol–water partition coefficient (Wildman–Crippen LogP) is 0.250. The SMILES string of the molecule is NC(=O)[C@@H]1CN[C@@H]2CCCC[C@H]21. The third-order valence-corrected chi connectivity index (χ3v) is 3.30. The summed E-state index contributed by atoms with van der Waals surface area (Å²) in [4.78, 5) is 11.0. The second kappa shape index (κ2) is 3.05. The molecule has 1 aliphatic carbocycles. The number of fused-ring (bicyclic) bond motifs is 1. The molecule has 3 heteroatoms. The number of primary amides is 1. The molecule has 12 heavy (non-hydrogen) atoms. The second-order valence-electron chi connectivity index (χ2n) is 3.97. The van der Waals surface area contributed by atoms with Crippen LogP contribution in [0.2, 0.25) is 0 Å². The largest absolute Gasteiger partial charge is 0.369 e. The highest BCUT2D eigenvalue weighted by Crippen LogP contribution is 2.34. The van der Waals surface area contributed by atoms with Gasteiger partial charge in [-0.25, -0.2) is 0 Å². The van der Waals surface area contributed by atoms with E-state index in [0.717, 1.165) is 6.54 Å². The molecule has 0 radical (unpaired) electrons. The number of amides is 1. The summed E-state index contributed by atoms with van der Waals surface area (Å²) in [5.41, 5.74) is 5.33. The second-order valence-corrected chi connectivity index (χ2v) is 3.97. The normalized spacial score (nSPS) is 40.8. The van der Waals surface area contributed by atoms with Gasteiger partial charge in [-0.15, -0.1) is 0 Å². The van der Waals surface area contributed by atoms with Gasteiger partial charge in [0.15, 0.2) is 0 Å². The van der Waals surface area contributed by atoms with Crippen molar-refractivity contribution in [1.29, 1.82) is 0 Å². The molecule has 1 aliphatic heterocycles. The fourth-order valence-electron chi connectivity index (χ4n) is 2.64. The van der Waals surface area contributed by atoms with Crippen LogP contribution >= 0.6 is 0 Å². The summed E-state index contributed by atoms with van der Waals surface area (Å²) in [5.74, 6) is 0.531. The van der Waals surface area contributed by atoms with Crippen molar-refractivity contribution < 1.29 is 4.79 Å². The van der Waals surface area contributed by atoms with E-state index in [1.165, 1.54) is 25.7 Å². The summed E-state index contributed by atoms with van der Waals surface area (Å²) >= 11 is 0. The Balaban J connectivity index is 2.05. The molecule has 0 unspecified atom stereocenters. The van der Waals surface area contributed by atoms with E-state index >= 15 is 0 Å². The van der Waals surface area contributed by atoms with E-state index in [2.05, 4.69) is 5.32 Å². The summed E-state index contributed by atoms with van der Waals surface area (Å²) in [6.07, 6.45) is 4.99. The molecule has 0 bridgehead atoms.